The highest BCUT2D eigenvalue weighted by molar-refractivity contribution is 7.91. The molecule has 0 aliphatic carbocycles. The molecule has 1 N–H and O–H groups in total. The molecule has 1 unspecified atom stereocenters. The Labute approximate surface area is 162 Å². The minimum atomic E-state index is -3.09. The van der Waals surface area contributed by atoms with Gasteiger partial charge in [-0.2, -0.15) is 5.10 Å². The standard InChI is InChI=1S/C19H22N4O4S/c1-11(2)20-19(24)14-9-15(16-5-4-7-27-16)21-18-17(14)12(3)22-23(18)13-6-8-28(25,26)10-13/h4-5,7,9,11,13H,6,8,10H2,1-3H3,(H,20,24). The predicted octanol–water partition coefficient (Wildman–Crippen LogP) is 2.50. The smallest absolute Gasteiger partial charge is 0.252 e. The zero-order valence-corrected chi connectivity index (χ0v) is 16.8. The van der Waals surface area contributed by atoms with Crippen LogP contribution in [0.15, 0.2) is 28.9 Å². The first-order valence-electron chi connectivity index (χ1n) is 9.20. The minimum Gasteiger partial charge on any atom is -0.463 e. The van der Waals surface area contributed by atoms with Crippen molar-refractivity contribution >= 4 is 26.8 Å². The van der Waals surface area contributed by atoms with Crippen LogP contribution < -0.4 is 5.32 Å². The van der Waals surface area contributed by atoms with Gasteiger partial charge in [-0.25, -0.2) is 18.1 Å². The lowest BCUT2D eigenvalue weighted by molar-refractivity contribution is 0.0944. The summed E-state index contributed by atoms with van der Waals surface area (Å²) in [5.41, 5.74) is 2.11. The molecule has 8 nitrogen and oxygen atoms in total. The molecule has 1 amide bonds. The number of fused-ring (bicyclic) bond motifs is 1. The number of carbonyl (C=O) groups is 1. The van der Waals surface area contributed by atoms with Crippen LogP contribution in [0, 0.1) is 6.92 Å². The molecule has 4 heterocycles. The van der Waals surface area contributed by atoms with E-state index in [1.807, 2.05) is 20.8 Å². The molecule has 0 spiro atoms. The van der Waals surface area contributed by atoms with Gasteiger partial charge in [-0.3, -0.25) is 4.79 Å². The Morgan fingerprint density at radius 2 is 2.18 bits per heavy atom. The average molecular weight is 402 g/mol. The van der Waals surface area contributed by atoms with E-state index in [-0.39, 0.29) is 29.5 Å². The number of hydrogen-bond acceptors (Lipinski definition) is 6. The molecule has 0 bridgehead atoms. The number of amides is 1. The van der Waals surface area contributed by atoms with Crippen molar-refractivity contribution in [1.82, 2.24) is 20.1 Å². The van der Waals surface area contributed by atoms with Gasteiger partial charge in [0.2, 0.25) is 0 Å². The summed E-state index contributed by atoms with van der Waals surface area (Å²) < 4.78 is 31.1. The number of rotatable bonds is 4. The molecule has 0 saturated carbocycles. The highest BCUT2D eigenvalue weighted by Crippen LogP contribution is 2.32. The maximum absolute atomic E-state index is 12.9. The predicted molar refractivity (Wildman–Crippen MR) is 105 cm³/mol. The molecule has 148 valence electrons. The summed E-state index contributed by atoms with van der Waals surface area (Å²) in [6, 6.07) is 4.90. The van der Waals surface area contributed by atoms with E-state index in [0.29, 0.717) is 40.2 Å². The van der Waals surface area contributed by atoms with Crippen molar-refractivity contribution in [2.24, 2.45) is 0 Å². The molecule has 9 heteroatoms. The molecule has 1 aliphatic heterocycles. The maximum atomic E-state index is 12.9. The first-order chi connectivity index (χ1) is 13.2. The van der Waals surface area contributed by atoms with Gasteiger partial charge in [0.1, 0.15) is 5.69 Å². The fourth-order valence-electron chi connectivity index (χ4n) is 3.61. The van der Waals surface area contributed by atoms with E-state index in [4.69, 9.17) is 4.42 Å². The largest absolute Gasteiger partial charge is 0.463 e. The molecule has 4 rings (SSSR count). The van der Waals surface area contributed by atoms with Crippen molar-refractivity contribution in [1.29, 1.82) is 0 Å². The number of nitrogens with zero attached hydrogens (tertiary/aromatic N) is 3. The lowest BCUT2D eigenvalue weighted by Gasteiger charge is -2.12. The van der Waals surface area contributed by atoms with Crippen LogP contribution in [0.3, 0.4) is 0 Å². The van der Waals surface area contributed by atoms with Gasteiger partial charge in [-0.05, 0) is 45.4 Å². The van der Waals surface area contributed by atoms with Crippen molar-refractivity contribution in [2.45, 2.75) is 39.3 Å². The molecular weight excluding hydrogens is 380 g/mol. The quantitative estimate of drug-likeness (QED) is 0.718. The van der Waals surface area contributed by atoms with Gasteiger partial charge < -0.3 is 9.73 Å². The Morgan fingerprint density at radius 1 is 1.39 bits per heavy atom. The molecule has 1 aliphatic rings. The second-order valence-corrected chi connectivity index (χ2v) is 9.67. The summed E-state index contributed by atoms with van der Waals surface area (Å²) in [4.78, 5) is 17.6. The zero-order valence-electron chi connectivity index (χ0n) is 16.0. The van der Waals surface area contributed by atoms with Gasteiger partial charge in [0, 0.05) is 6.04 Å². The summed E-state index contributed by atoms with van der Waals surface area (Å²) in [5, 5.41) is 8.11. The normalized spacial score (nSPS) is 18.8. The Kier molecular flexibility index (Phi) is 4.49. The molecule has 1 atom stereocenters. The maximum Gasteiger partial charge on any atom is 0.252 e. The third kappa shape index (κ3) is 3.30. The van der Waals surface area contributed by atoms with Crippen LogP contribution in [-0.2, 0) is 9.84 Å². The monoisotopic (exact) mass is 402 g/mol. The molecule has 3 aromatic rings. The van der Waals surface area contributed by atoms with E-state index in [9.17, 15) is 13.2 Å². The first kappa shape index (κ1) is 18.7. The van der Waals surface area contributed by atoms with E-state index < -0.39 is 9.84 Å². The van der Waals surface area contributed by atoms with Crippen LogP contribution in [0.5, 0.6) is 0 Å². The third-order valence-electron chi connectivity index (χ3n) is 4.83. The highest BCUT2D eigenvalue weighted by atomic mass is 32.2. The van der Waals surface area contributed by atoms with Crippen molar-refractivity contribution in [3.05, 3.63) is 35.7 Å². The van der Waals surface area contributed by atoms with Gasteiger partial charge in [0.15, 0.2) is 21.2 Å². The minimum absolute atomic E-state index is 0.0295. The number of aromatic nitrogens is 3. The summed E-state index contributed by atoms with van der Waals surface area (Å²) in [5.74, 6) is 0.474. The molecule has 28 heavy (non-hydrogen) atoms. The zero-order chi connectivity index (χ0) is 20.1. The fraction of sp³-hybridized carbons (Fsp3) is 0.421. The molecule has 3 aromatic heterocycles. The Balaban J connectivity index is 1.94. The summed E-state index contributed by atoms with van der Waals surface area (Å²) >= 11 is 0. The Hall–Kier alpha value is -2.68. The van der Waals surface area contributed by atoms with Crippen LogP contribution in [0.1, 0.15) is 42.4 Å². The van der Waals surface area contributed by atoms with E-state index in [2.05, 4.69) is 15.4 Å². The number of carbonyl (C=O) groups excluding carboxylic acids is 1. The van der Waals surface area contributed by atoms with Gasteiger partial charge in [0.05, 0.1) is 40.5 Å². The van der Waals surface area contributed by atoms with E-state index in [1.165, 1.54) is 0 Å². The van der Waals surface area contributed by atoms with Crippen LogP contribution in [-0.4, -0.2) is 46.6 Å². The molecule has 1 fully saturated rings. The third-order valence-corrected chi connectivity index (χ3v) is 6.58. The van der Waals surface area contributed by atoms with Crippen molar-refractivity contribution in [3.63, 3.8) is 0 Å². The summed E-state index contributed by atoms with van der Waals surface area (Å²) in [7, 11) is -3.09. The van der Waals surface area contributed by atoms with Crippen LogP contribution >= 0.6 is 0 Å². The fourth-order valence-corrected chi connectivity index (χ4v) is 5.30. The molecule has 0 aromatic carbocycles. The van der Waals surface area contributed by atoms with Gasteiger partial charge in [-0.15, -0.1) is 0 Å². The lowest BCUT2D eigenvalue weighted by atomic mass is 10.1. The number of aryl methyl sites for hydroxylation is 1. The van der Waals surface area contributed by atoms with E-state index in [1.54, 1.807) is 29.1 Å². The van der Waals surface area contributed by atoms with E-state index in [0.717, 1.165) is 0 Å². The van der Waals surface area contributed by atoms with Gasteiger partial charge in [-0.1, -0.05) is 0 Å². The number of sulfone groups is 1. The van der Waals surface area contributed by atoms with E-state index >= 15 is 0 Å². The number of hydrogen-bond donors (Lipinski definition) is 1. The highest BCUT2D eigenvalue weighted by Gasteiger charge is 2.32. The Morgan fingerprint density at radius 3 is 2.79 bits per heavy atom. The number of nitrogens with one attached hydrogen (secondary N) is 1. The lowest BCUT2D eigenvalue weighted by Crippen LogP contribution is -2.30. The van der Waals surface area contributed by atoms with Crippen LogP contribution in [0.2, 0.25) is 0 Å². The summed E-state index contributed by atoms with van der Waals surface area (Å²) in [6.07, 6.45) is 2.03. The summed E-state index contributed by atoms with van der Waals surface area (Å²) in [6.45, 7) is 5.59. The van der Waals surface area contributed by atoms with Crippen LogP contribution in [0.25, 0.3) is 22.5 Å². The van der Waals surface area contributed by atoms with Crippen molar-refractivity contribution in [3.8, 4) is 11.5 Å². The van der Waals surface area contributed by atoms with Crippen molar-refractivity contribution in [2.75, 3.05) is 11.5 Å². The second-order valence-electron chi connectivity index (χ2n) is 7.45. The molecule has 1 saturated heterocycles. The topological polar surface area (TPSA) is 107 Å². The van der Waals surface area contributed by atoms with Gasteiger partial charge in [0.25, 0.3) is 5.91 Å². The van der Waals surface area contributed by atoms with Crippen LogP contribution in [0.4, 0.5) is 0 Å². The molecular formula is C19H22N4O4S. The Bertz CT molecular complexity index is 1150. The molecule has 0 radical (unpaired) electrons. The van der Waals surface area contributed by atoms with Gasteiger partial charge >= 0.3 is 0 Å². The number of furan rings is 1. The first-order valence-corrected chi connectivity index (χ1v) is 11.0. The second kappa shape index (κ2) is 6.73. The SMILES string of the molecule is Cc1nn(C2CCS(=O)(=O)C2)c2nc(-c3ccco3)cc(C(=O)NC(C)C)c12. The van der Waals surface area contributed by atoms with Crippen molar-refractivity contribution < 1.29 is 17.6 Å². The number of pyridine rings is 1. The average Bonchev–Trinajstić information content (AvgIpc) is 3.33.